The number of nitrogens with zero attached hydrogens (tertiary/aromatic N) is 7. The van der Waals surface area contributed by atoms with Gasteiger partial charge in [-0.25, -0.2) is 4.68 Å². The number of nitrogens with one attached hydrogen (secondary N) is 1. The molecule has 1 aliphatic rings. The molecule has 0 amide bonds. The van der Waals surface area contributed by atoms with Gasteiger partial charge in [0.25, 0.3) is 0 Å². The van der Waals surface area contributed by atoms with E-state index in [9.17, 15) is 0 Å². The lowest BCUT2D eigenvalue weighted by Crippen LogP contribution is -2.39. The summed E-state index contributed by atoms with van der Waals surface area (Å²) < 4.78 is 4.24. The normalized spacial score (nSPS) is 13.8. The Bertz CT molecular complexity index is 995. The molecule has 0 saturated heterocycles. The van der Waals surface area contributed by atoms with Gasteiger partial charge in [0.05, 0.1) is 11.9 Å². The van der Waals surface area contributed by atoms with Gasteiger partial charge in [-0.1, -0.05) is 24.6 Å². The van der Waals surface area contributed by atoms with Gasteiger partial charge in [-0.3, -0.25) is 4.99 Å². The van der Waals surface area contributed by atoms with Crippen molar-refractivity contribution in [3.8, 4) is 5.69 Å². The fraction of sp³-hybridized carbons (Fsp3) is 0.478. The van der Waals surface area contributed by atoms with E-state index in [0.29, 0.717) is 0 Å². The van der Waals surface area contributed by atoms with E-state index in [0.717, 1.165) is 67.8 Å². The number of hydrogen-bond acceptors (Lipinski definition) is 4. The van der Waals surface area contributed by atoms with Crippen molar-refractivity contribution in [2.75, 3.05) is 20.6 Å². The van der Waals surface area contributed by atoms with Gasteiger partial charge in [0, 0.05) is 58.3 Å². The van der Waals surface area contributed by atoms with Crippen LogP contribution in [0, 0.1) is 0 Å². The number of rotatable bonds is 7. The van der Waals surface area contributed by atoms with Gasteiger partial charge >= 0.3 is 0 Å². The number of aromatic nitrogens is 5. The van der Waals surface area contributed by atoms with Gasteiger partial charge < -0.3 is 14.8 Å². The third kappa shape index (κ3) is 6.08. The van der Waals surface area contributed by atoms with Gasteiger partial charge in [0.2, 0.25) is 0 Å². The quantitative estimate of drug-likeness (QED) is 0.212. The van der Waals surface area contributed by atoms with Gasteiger partial charge in [0.15, 0.2) is 5.96 Å². The van der Waals surface area contributed by atoms with Crippen molar-refractivity contribution in [1.82, 2.24) is 34.8 Å². The Morgan fingerprint density at radius 1 is 1.16 bits per heavy atom. The molecular weight excluding hydrogens is 515 g/mol. The first-order valence-corrected chi connectivity index (χ1v) is 11.2. The van der Waals surface area contributed by atoms with Crippen LogP contribution in [-0.2, 0) is 25.9 Å². The van der Waals surface area contributed by atoms with Crippen LogP contribution < -0.4 is 5.32 Å². The summed E-state index contributed by atoms with van der Waals surface area (Å²) in [4.78, 5) is 6.56. The van der Waals surface area contributed by atoms with Crippen molar-refractivity contribution < 1.29 is 0 Å². The summed E-state index contributed by atoms with van der Waals surface area (Å²) >= 11 is 0. The summed E-state index contributed by atoms with van der Waals surface area (Å²) in [6.07, 6.45) is 10.7. The molecule has 0 radical (unpaired) electrons. The largest absolute Gasteiger partial charge is 0.356 e. The first-order chi connectivity index (χ1) is 15.2. The maximum atomic E-state index is 4.48. The molecule has 2 aromatic heterocycles. The highest BCUT2D eigenvalue weighted by atomic mass is 127. The molecule has 9 heteroatoms. The van der Waals surface area contributed by atoms with Gasteiger partial charge in [-0.15, -0.1) is 34.2 Å². The topological polar surface area (TPSA) is 76.2 Å². The van der Waals surface area contributed by atoms with Gasteiger partial charge in [-0.05, 0) is 31.4 Å². The minimum atomic E-state index is 0. The maximum Gasteiger partial charge on any atom is 0.193 e. The van der Waals surface area contributed by atoms with Crippen LogP contribution in [0.2, 0.25) is 0 Å². The average molecular weight is 548 g/mol. The number of guanidine groups is 1. The summed E-state index contributed by atoms with van der Waals surface area (Å²) in [5, 5.41) is 16.8. The van der Waals surface area contributed by atoms with Crippen molar-refractivity contribution in [3.05, 3.63) is 59.9 Å². The smallest absolute Gasteiger partial charge is 0.193 e. The van der Waals surface area contributed by atoms with Crippen LogP contribution in [0.3, 0.4) is 0 Å². The number of aliphatic imine (C=N–C) groups is 1. The van der Waals surface area contributed by atoms with Crippen LogP contribution in [0.25, 0.3) is 5.69 Å². The molecule has 3 aromatic rings. The maximum absolute atomic E-state index is 4.48. The number of halogens is 1. The highest BCUT2D eigenvalue weighted by Gasteiger charge is 2.14. The number of benzene rings is 1. The molecule has 3 heterocycles. The molecule has 32 heavy (non-hydrogen) atoms. The van der Waals surface area contributed by atoms with E-state index in [2.05, 4.69) is 53.4 Å². The number of fused-ring (bicyclic) bond motifs is 1. The minimum absolute atomic E-state index is 0. The van der Waals surface area contributed by atoms with E-state index in [1.807, 2.05) is 43.2 Å². The van der Waals surface area contributed by atoms with E-state index in [4.69, 9.17) is 0 Å². The second kappa shape index (κ2) is 12.0. The molecule has 0 atom stereocenters. The lowest BCUT2D eigenvalue weighted by Gasteiger charge is -2.21. The first kappa shape index (κ1) is 24.2. The summed E-state index contributed by atoms with van der Waals surface area (Å²) in [5.41, 5.74) is 2.20. The highest BCUT2D eigenvalue weighted by Crippen LogP contribution is 2.15. The lowest BCUT2D eigenvalue weighted by atomic mass is 10.2. The van der Waals surface area contributed by atoms with Crippen molar-refractivity contribution in [2.24, 2.45) is 4.99 Å². The Morgan fingerprint density at radius 2 is 2.00 bits per heavy atom. The van der Waals surface area contributed by atoms with Crippen LogP contribution in [-0.4, -0.2) is 56.0 Å². The van der Waals surface area contributed by atoms with Crippen LogP contribution in [0.4, 0.5) is 0 Å². The zero-order valence-electron chi connectivity index (χ0n) is 18.9. The summed E-state index contributed by atoms with van der Waals surface area (Å²) in [6, 6.07) is 10.2. The monoisotopic (exact) mass is 548 g/mol. The third-order valence-electron chi connectivity index (χ3n) is 5.70. The Labute approximate surface area is 207 Å². The van der Waals surface area contributed by atoms with Crippen LogP contribution >= 0.6 is 24.0 Å². The van der Waals surface area contributed by atoms with Crippen molar-refractivity contribution >= 4 is 29.9 Å². The second-order valence-corrected chi connectivity index (χ2v) is 8.06. The molecule has 172 valence electrons. The molecule has 0 saturated carbocycles. The second-order valence-electron chi connectivity index (χ2n) is 8.06. The fourth-order valence-corrected chi connectivity index (χ4v) is 4.07. The van der Waals surface area contributed by atoms with Crippen molar-refractivity contribution in [1.29, 1.82) is 0 Å². The number of para-hydroxylation sites is 1. The van der Waals surface area contributed by atoms with Crippen LogP contribution in [0.15, 0.2) is 47.7 Å². The fourth-order valence-electron chi connectivity index (χ4n) is 4.07. The summed E-state index contributed by atoms with van der Waals surface area (Å²) in [6.45, 7) is 2.65. The van der Waals surface area contributed by atoms with E-state index < -0.39 is 0 Å². The highest BCUT2D eigenvalue weighted by molar-refractivity contribution is 14.0. The first-order valence-electron chi connectivity index (χ1n) is 11.2. The van der Waals surface area contributed by atoms with Gasteiger partial charge in [0.1, 0.15) is 11.6 Å². The summed E-state index contributed by atoms with van der Waals surface area (Å²) in [7, 11) is 3.87. The minimum Gasteiger partial charge on any atom is -0.356 e. The Kier molecular flexibility index (Phi) is 9.07. The predicted octanol–water partition coefficient (Wildman–Crippen LogP) is 3.45. The van der Waals surface area contributed by atoms with Crippen molar-refractivity contribution in [3.63, 3.8) is 0 Å². The molecule has 0 unspecified atom stereocenters. The SMILES string of the molecule is CN=C(NCCCc1nnc2n1CCCCC2)N(C)Cc1cnn(-c2ccccc2)c1.I. The summed E-state index contributed by atoms with van der Waals surface area (Å²) in [5.74, 6) is 3.16. The van der Waals surface area contributed by atoms with Gasteiger partial charge in [-0.2, -0.15) is 5.10 Å². The Balaban J connectivity index is 0.00000289. The van der Waals surface area contributed by atoms with Crippen molar-refractivity contribution in [2.45, 2.75) is 51.6 Å². The molecule has 4 rings (SSSR count). The van der Waals surface area contributed by atoms with E-state index in [-0.39, 0.29) is 24.0 Å². The number of aryl methyl sites for hydroxylation is 2. The van der Waals surface area contributed by atoms with E-state index >= 15 is 0 Å². The standard InChI is InChI=1S/C23H32N8.HI/c1-24-23(25-14-9-13-22-28-27-21-12-7-4-8-15-30(21)22)29(2)17-19-16-26-31(18-19)20-10-5-3-6-11-20;/h3,5-6,10-11,16,18H,4,7-9,12-15,17H2,1-2H3,(H,24,25);1H. The Morgan fingerprint density at radius 3 is 2.81 bits per heavy atom. The zero-order valence-corrected chi connectivity index (χ0v) is 21.3. The molecule has 0 fully saturated rings. The molecule has 0 bridgehead atoms. The molecular formula is C23H33IN8. The number of hydrogen-bond donors (Lipinski definition) is 1. The van der Waals surface area contributed by atoms with Crippen LogP contribution in [0.5, 0.6) is 0 Å². The molecule has 8 nitrogen and oxygen atoms in total. The van der Waals surface area contributed by atoms with E-state index in [1.54, 1.807) is 0 Å². The lowest BCUT2D eigenvalue weighted by molar-refractivity contribution is 0.475. The third-order valence-corrected chi connectivity index (χ3v) is 5.70. The molecule has 1 N–H and O–H groups in total. The van der Waals surface area contributed by atoms with E-state index in [1.165, 1.54) is 19.3 Å². The molecule has 1 aromatic carbocycles. The molecule has 0 spiro atoms. The zero-order chi connectivity index (χ0) is 21.5. The predicted molar refractivity (Wildman–Crippen MR) is 138 cm³/mol. The van der Waals surface area contributed by atoms with Crippen LogP contribution in [0.1, 0.15) is 42.9 Å². The molecule has 0 aliphatic carbocycles. The average Bonchev–Trinajstić information content (AvgIpc) is 3.34. The molecule has 1 aliphatic heterocycles. The Hall–Kier alpha value is -2.43.